The molecular weight excluding hydrogens is 550 g/mol. The summed E-state index contributed by atoms with van der Waals surface area (Å²) in [5.74, 6) is -0.351. The third kappa shape index (κ3) is 7.76. The highest BCUT2D eigenvalue weighted by Gasteiger charge is 2.33. The average Bonchev–Trinajstić information content (AvgIpc) is 2.95. The summed E-state index contributed by atoms with van der Waals surface area (Å²) in [6.45, 7) is 7.24. The number of ether oxygens (including phenoxy) is 1. The van der Waals surface area contributed by atoms with Gasteiger partial charge in [0.1, 0.15) is 18.3 Å². The number of benzene rings is 3. The van der Waals surface area contributed by atoms with Gasteiger partial charge in [0.05, 0.1) is 17.2 Å². The SMILES string of the molecule is CCOc1ccc(S(=O)(=O)N(CC(=O)N(Cc2ccccc2Cl)[C@@H](C)C(=O)N[C@@H](C)CC)c2ccccc2)cc1. The maximum absolute atomic E-state index is 13.9. The van der Waals surface area contributed by atoms with Gasteiger partial charge < -0.3 is 15.0 Å². The van der Waals surface area contributed by atoms with Gasteiger partial charge in [0.2, 0.25) is 11.8 Å². The number of sulfonamides is 1. The van der Waals surface area contributed by atoms with Crippen molar-refractivity contribution in [2.45, 2.75) is 57.6 Å². The fraction of sp³-hybridized carbons (Fsp3) is 0.333. The van der Waals surface area contributed by atoms with Crippen molar-refractivity contribution in [3.8, 4) is 5.75 Å². The fourth-order valence-electron chi connectivity index (χ4n) is 3.98. The van der Waals surface area contributed by atoms with E-state index in [0.29, 0.717) is 28.6 Å². The van der Waals surface area contributed by atoms with E-state index in [1.54, 1.807) is 73.7 Å². The quantitative estimate of drug-likeness (QED) is 0.295. The second-order valence-electron chi connectivity index (χ2n) is 9.36. The van der Waals surface area contributed by atoms with Crippen LogP contribution in [0.2, 0.25) is 5.02 Å². The first-order valence-corrected chi connectivity index (χ1v) is 15.0. The molecule has 214 valence electrons. The molecule has 0 unspecified atom stereocenters. The van der Waals surface area contributed by atoms with E-state index < -0.39 is 28.5 Å². The van der Waals surface area contributed by atoms with Crippen LogP contribution >= 0.6 is 11.6 Å². The summed E-state index contributed by atoms with van der Waals surface area (Å²) in [6.07, 6.45) is 0.721. The fourth-order valence-corrected chi connectivity index (χ4v) is 5.59. The van der Waals surface area contributed by atoms with Gasteiger partial charge in [0.15, 0.2) is 0 Å². The largest absolute Gasteiger partial charge is 0.494 e. The van der Waals surface area contributed by atoms with Gasteiger partial charge in [-0.2, -0.15) is 0 Å². The third-order valence-corrected chi connectivity index (χ3v) is 8.67. The monoisotopic (exact) mass is 585 g/mol. The van der Waals surface area contributed by atoms with Gasteiger partial charge in [0.25, 0.3) is 10.0 Å². The number of amides is 2. The number of nitrogens with zero attached hydrogens (tertiary/aromatic N) is 2. The smallest absolute Gasteiger partial charge is 0.264 e. The van der Waals surface area contributed by atoms with Crippen molar-refractivity contribution in [3.63, 3.8) is 0 Å². The average molecular weight is 586 g/mol. The van der Waals surface area contributed by atoms with E-state index >= 15 is 0 Å². The van der Waals surface area contributed by atoms with Crippen LogP contribution in [0.15, 0.2) is 83.8 Å². The van der Waals surface area contributed by atoms with Crippen LogP contribution in [0.25, 0.3) is 0 Å². The Morgan fingerprint density at radius 2 is 1.55 bits per heavy atom. The Kier molecular flexibility index (Phi) is 11.0. The molecule has 0 aliphatic rings. The lowest BCUT2D eigenvalue weighted by Gasteiger charge is -2.32. The van der Waals surface area contributed by atoms with Crippen LogP contribution in [0.3, 0.4) is 0 Å². The topological polar surface area (TPSA) is 96.0 Å². The van der Waals surface area contributed by atoms with Crippen molar-refractivity contribution in [1.82, 2.24) is 10.2 Å². The molecule has 1 N–H and O–H groups in total. The lowest BCUT2D eigenvalue weighted by atomic mass is 10.1. The van der Waals surface area contributed by atoms with Crippen LogP contribution in [0.5, 0.6) is 5.75 Å². The first kappa shape index (κ1) is 31.0. The minimum atomic E-state index is -4.16. The van der Waals surface area contributed by atoms with Crippen LogP contribution in [-0.4, -0.2) is 50.4 Å². The molecular formula is C30H36ClN3O5S. The molecule has 0 fully saturated rings. The van der Waals surface area contributed by atoms with Gasteiger partial charge >= 0.3 is 0 Å². The first-order chi connectivity index (χ1) is 19.1. The number of carbonyl (C=O) groups excluding carboxylic acids is 2. The van der Waals surface area contributed by atoms with Crippen molar-refractivity contribution < 1.29 is 22.7 Å². The van der Waals surface area contributed by atoms with E-state index in [1.807, 2.05) is 20.8 Å². The summed E-state index contributed by atoms with van der Waals surface area (Å²) >= 11 is 6.40. The molecule has 3 aromatic carbocycles. The number of halogens is 1. The minimum absolute atomic E-state index is 0.00724. The number of nitrogens with one attached hydrogen (secondary N) is 1. The van der Waals surface area contributed by atoms with Gasteiger partial charge in [-0.15, -0.1) is 0 Å². The molecule has 0 saturated heterocycles. The second kappa shape index (κ2) is 14.2. The van der Waals surface area contributed by atoms with Crippen LogP contribution in [-0.2, 0) is 26.2 Å². The highest BCUT2D eigenvalue weighted by Crippen LogP contribution is 2.26. The molecule has 0 bridgehead atoms. The van der Waals surface area contributed by atoms with Gasteiger partial charge in [-0.1, -0.05) is 54.9 Å². The van der Waals surface area contributed by atoms with Gasteiger partial charge in [-0.25, -0.2) is 8.42 Å². The van der Waals surface area contributed by atoms with Crippen LogP contribution in [0, 0.1) is 0 Å². The maximum Gasteiger partial charge on any atom is 0.264 e. The molecule has 3 rings (SSSR count). The molecule has 0 aromatic heterocycles. The summed E-state index contributed by atoms with van der Waals surface area (Å²) in [7, 11) is -4.16. The molecule has 0 aliphatic carbocycles. The number of rotatable bonds is 13. The van der Waals surface area contributed by atoms with Crippen molar-refractivity contribution in [2.24, 2.45) is 0 Å². The summed E-state index contributed by atoms with van der Waals surface area (Å²) < 4.78 is 34.3. The summed E-state index contributed by atoms with van der Waals surface area (Å²) in [4.78, 5) is 28.4. The summed E-state index contributed by atoms with van der Waals surface area (Å²) in [6, 6.07) is 20.5. The zero-order valence-electron chi connectivity index (χ0n) is 23.2. The molecule has 0 spiro atoms. The number of anilines is 1. The molecule has 0 aliphatic heterocycles. The summed E-state index contributed by atoms with van der Waals surface area (Å²) in [5, 5.41) is 3.35. The molecule has 0 heterocycles. The van der Waals surface area contributed by atoms with Crippen LogP contribution in [0.1, 0.15) is 39.7 Å². The molecule has 3 aromatic rings. The lowest BCUT2D eigenvalue weighted by Crippen LogP contribution is -2.52. The third-order valence-electron chi connectivity index (χ3n) is 6.51. The molecule has 8 nitrogen and oxygen atoms in total. The van der Waals surface area contributed by atoms with Gasteiger partial charge in [-0.3, -0.25) is 13.9 Å². The van der Waals surface area contributed by atoms with Crippen molar-refractivity contribution in [3.05, 3.63) is 89.4 Å². The van der Waals surface area contributed by atoms with E-state index in [2.05, 4.69) is 5.32 Å². The Labute approximate surface area is 241 Å². The van der Waals surface area contributed by atoms with Crippen LogP contribution < -0.4 is 14.4 Å². The van der Waals surface area contributed by atoms with E-state index in [4.69, 9.17) is 16.3 Å². The highest BCUT2D eigenvalue weighted by molar-refractivity contribution is 7.92. The molecule has 10 heteroatoms. The van der Waals surface area contributed by atoms with E-state index in [1.165, 1.54) is 17.0 Å². The molecule has 2 amide bonds. The zero-order valence-corrected chi connectivity index (χ0v) is 24.8. The number of hydrogen-bond acceptors (Lipinski definition) is 5. The Hall–Kier alpha value is -3.56. The Morgan fingerprint density at radius 1 is 0.925 bits per heavy atom. The normalized spacial score (nSPS) is 12.7. The van der Waals surface area contributed by atoms with E-state index in [-0.39, 0.29) is 23.4 Å². The predicted molar refractivity (Wildman–Crippen MR) is 158 cm³/mol. The van der Waals surface area contributed by atoms with Gasteiger partial charge in [-0.05, 0) is 75.2 Å². The molecule has 2 atom stereocenters. The van der Waals surface area contributed by atoms with E-state index in [0.717, 1.165) is 10.7 Å². The van der Waals surface area contributed by atoms with Crippen molar-refractivity contribution >= 4 is 39.1 Å². The maximum atomic E-state index is 13.9. The highest BCUT2D eigenvalue weighted by atomic mass is 35.5. The predicted octanol–water partition coefficient (Wildman–Crippen LogP) is 5.27. The zero-order chi connectivity index (χ0) is 29.3. The lowest BCUT2D eigenvalue weighted by molar-refractivity contribution is -0.139. The second-order valence-corrected chi connectivity index (χ2v) is 11.6. The Bertz CT molecular complexity index is 1380. The number of carbonyl (C=O) groups is 2. The van der Waals surface area contributed by atoms with Crippen molar-refractivity contribution in [2.75, 3.05) is 17.5 Å². The summed E-state index contributed by atoms with van der Waals surface area (Å²) in [5.41, 5.74) is 0.959. The van der Waals surface area contributed by atoms with Crippen molar-refractivity contribution in [1.29, 1.82) is 0 Å². The molecule has 40 heavy (non-hydrogen) atoms. The number of para-hydroxylation sites is 1. The number of hydrogen-bond donors (Lipinski definition) is 1. The van der Waals surface area contributed by atoms with Crippen LogP contribution in [0.4, 0.5) is 5.69 Å². The van der Waals surface area contributed by atoms with E-state index in [9.17, 15) is 18.0 Å². The molecule has 0 radical (unpaired) electrons. The standard InChI is InChI=1S/C30H36ClN3O5S/c1-5-22(3)32-30(36)23(4)33(20-24-12-10-11-15-28(24)31)29(35)21-34(25-13-8-7-9-14-25)40(37,38)27-18-16-26(17-19-27)39-6-2/h7-19,22-23H,5-6,20-21H2,1-4H3,(H,32,36)/t22-,23-/m0/s1. The Morgan fingerprint density at radius 3 is 2.15 bits per heavy atom. The first-order valence-electron chi connectivity index (χ1n) is 13.2. The Balaban J connectivity index is 2.00. The van der Waals surface area contributed by atoms with Gasteiger partial charge in [0, 0.05) is 17.6 Å². The molecule has 0 saturated carbocycles. The minimum Gasteiger partial charge on any atom is -0.494 e.